The highest BCUT2D eigenvalue weighted by Crippen LogP contribution is 2.00. The van der Waals surface area contributed by atoms with Gasteiger partial charge in [-0.05, 0) is 18.6 Å². The molecular weight excluding hydrogens is 164 g/mol. The van der Waals surface area contributed by atoms with Gasteiger partial charge in [-0.15, -0.1) is 0 Å². The van der Waals surface area contributed by atoms with Gasteiger partial charge in [0.1, 0.15) is 0 Å². The number of ether oxygens (including phenoxy) is 1. The van der Waals surface area contributed by atoms with E-state index in [0.717, 1.165) is 24.4 Å². The highest BCUT2D eigenvalue weighted by Gasteiger charge is 1.95. The Morgan fingerprint density at radius 1 is 1.38 bits per heavy atom. The molecule has 0 aromatic carbocycles. The molecule has 0 atom stereocenters. The third kappa shape index (κ3) is 3.53. The van der Waals surface area contributed by atoms with E-state index in [0.29, 0.717) is 13.2 Å². The van der Waals surface area contributed by atoms with Crippen LogP contribution in [-0.2, 0) is 17.9 Å². The van der Waals surface area contributed by atoms with Crippen molar-refractivity contribution < 1.29 is 4.74 Å². The fourth-order valence-corrected chi connectivity index (χ4v) is 1.04. The van der Waals surface area contributed by atoms with Crippen LogP contribution in [0.15, 0.2) is 18.2 Å². The van der Waals surface area contributed by atoms with Crippen molar-refractivity contribution in [2.24, 2.45) is 5.73 Å². The first-order valence-corrected chi connectivity index (χ1v) is 4.59. The Kier molecular flexibility index (Phi) is 4.43. The van der Waals surface area contributed by atoms with Crippen LogP contribution in [0.3, 0.4) is 0 Å². The molecule has 3 nitrogen and oxygen atoms in total. The van der Waals surface area contributed by atoms with Crippen molar-refractivity contribution in [2.45, 2.75) is 26.5 Å². The van der Waals surface area contributed by atoms with E-state index in [1.807, 2.05) is 18.2 Å². The summed E-state index contributed by atoms with van der Waals surface area (Å²) in [5, 5.41) is 0. The van der Waals surface area contributed by atoms with Crippen molar-refractivity contribution in [3.63, 3.8) is 0 Å². The lowest BCUT2D eigenvalue weighted by molar-refractivity contribution is 0.119. The fourth-order valence-electron chi connectivity index (χ4n) is 1.04. The molecule has 2 N–H and O–H groups in total. The summed E-state index contributed by atoms with van der Waals surface area (Å²) in [6, 6.07) is 5.83. The molecule has 0 bridgehead atoms. The second kappa shape index (κ2) is 5.67. The van der Waals surface area contributed by atoms with E-state index < -0.39 is 0 Å². The zero-order chi connectivity index (χ0) is 9.52. The zero-order valence-electron chi connectivity index (χ0n) is 7.99. The van der Waals surface area contributed by atoms with Gasteiger partial charge in [-0.3, -0.25) is 4.98 Å². The molecule has 3 heteroatoms. The number of nitrogens with zero attached hydrogens (tertiary/aromatic N) is 1. The Balaban J connectivity index is 2.46. The normalized spacial score (nSPS) is 10.3. The summed E-state index contributed by atoms with van der Waals surface area (Å²) in [4.78, 5) is 4.31. The van der Waals surface area contributed by atoms with Gasteiger partial charge in [0, 0.05) is 13.2 Å². The molecule has 0 saturated carbocycles. The Bertz CT molecular complexity index is 250. The minimum atomic E-state index is 0.488. The molecule has 0 unspecified atom stereocenters. The Morgan fingerprint density at radius 3 is 2.85 bits per heavy atom. The SMILES string of the molecule is CCCOCc1cccc(CN)n1. The highest BCUT2D eigenvalue weighted by atomic mass is 16.5. The van der Waals surface area contributed by atoms with Crippen molar-refractivity contribution in [1.82, 2.24) is 4.98 Å². The lowest BCUT2D eigenvalue weighted by Gasteiger charge is -2.03. The van der Waals surface area contributed by atoms with Gasteiger partial charge in [0.25, 0.3) is 0 Å². The van der Waals surface area contributed by atoms with Gasteiger partial charge in [-0.2, -0.15) is 0 Å². The van der Waals surface area contributed by atoms with Crippen LogP contribution in [-0.4, -0.2) is 11.6 Å². The van der Waals surface area contributed by atoms with Crippen LogP contribution in [0.5, 0.6) is 0 Å². The van der Waals surface area contributed by atoms with Gasteiger partial charge in [-0.1, -0.05) is 13.0 Å². The molecule has 0 amide bonds. The number of hydrogen-bond donors (Lipinski definition) is 1. The molecule has 0 aliphatic carbocycles. The Hall–Kier alpha value is -0.930. The van der Waals surface area contributed by atoms with Gasteiger partial charge in [0.05, 0.1) is 18.0 Å². The van der Waals surface area contributed by atoms with E-state index >= 15 is 0 Å². The van der Waals surface area contributed by atoms with Crippen molar-refractivity contribution in [3.8, 4) is 0 Å². The van der Waals surface area contributed by atoms with Gasteiger partial charge in [-0.25, -0.2) is 0 Å². The first-order chi connectivity index (χ1) is 6.36. The molecule has 1 heterocycles. The third-order valence-electron chi connectivity index (χ3n) is 1.67. The van der Waals surface area contributed by atoms with Crippen molar-refractivity contribution in [3.05, 3.63) is 29.6 Å². The van der Waals surface area contributed by atoms with E-state index in [9.17, 15) is 0 Å². The lowest BCUT2D eigenvalue weighted by Crippen LogP contribution is -2.03. The summed E-state index contributed by atoms with van der Waals surface area (Å²) in [7, 11) is 0. The van der Waals surface area contributed by atoms with Crippen LogP contribution < -0.4 is 5.73 Å². The molecule has 0 aliphatic rings. The summed E-state index contributed by atoms with van der Waals surface area (Å²) < 4.78 is 5.37. The average Bonchev–Trinajstić information content (AvgIpc) is 2.19. The highest BCUT2D eigenvalue weighted by molar-refractivity contribution is 5.10. The monoisotopic (exact) mass is 180 g/mol. The Morgan fingerprint density at radius 2 is 2.15 bits per heavy atom. The summed E-state index contributed by atoms with van der Waals surface area (Å²) in [6.45, 7) is 3.95. The first-order valence-electron chi connectivity index (χ1n) is 4.59. The number of nitrogens with two attached hydrogens (primary N) is 1. The van der Waals surface area contributed by atoms with Crippen molar-refractivity contribution >= 4 is 0 Å². The number of aromatic nitrogens is 1. The first kappa shape index (κ1) is 10.2. The van der Waals surface area contributed by atoms with E-state index in [-0.39, 0.29) is 0 Å². The number of pyridine rings is 1. The summed E-state index contributed by atoms with van der Waals surface area (Å²) in [5.74, 6) is 0. The molecule has 72 valence electrons. The zero-order valence-corrected chi connectivity index (χ0v) is 7.99. The molecule has 13 heavy (non-hydrogen) atoms. The van der Waals surface area contributed by atoms with Crippen molar-refractivity contribution in [2.75, 3.05) is 6.61 Å². The van der Waals surface area contributed by atoms with Crippen LogP contribution in [0.4, 0.5) is 0 Å². The van der Waals surface area contributed by atoms with Crippen molar-refractivity contribution in [1.29, 1.82) is 0 Å². The third-order valence-corrected chi connectivity index (χ3v) is 1.67. The molecule has 1 aromatic heterocycles. The second-order valence-electron chi connectivity index (χ2n) is 2.88. The quantitative estimate of drug-likeness (QED) is 0.698. The molecule has 0 spiro atoms. The van der Waals surface area contributed by atoms with Gasteiger partial charge < -0.3 is 10.5 Å². The summed E-state index contributed by atoms with van der Waals surface area (Å²) >= 11 is 0. The van der Waals surface area contributed by atoms with Crippen LogP contribution in [0.2, 0.25) is 0 Å². The average molecular weight is 180 g/mol. The minimum absolute atomic E-state index is 0.488. The molecule has 0 fully saturated rings. The molecule has 0 saturated heterocycles. The lowest BCUT2D eigenvalue weighted by atomic mass is 10.3. The summed E-state index contributed by atoms with van der Waals surface area (Å²) in [5.41, 5.74) is 7.34. The van der Waals surface area contributed by atoms with Crippen LogP contribution in [0, 0.1) is 0 Å². The summed E-state index contributed by atoms with van der Waals surface area (Å²) in [6.07, 6.45) is 1.04. The maximum atomic E-state index is 5.47. The van der Waals surface area contributed by atoms with Gasteiger partial charge in [0.15, 0.2) is 0 Å². The van der Waals surface area contributed by atoms with Gasteiger partial charge >= 0.3 is 0 Å². The smallest absolute Gasteiger partial charge is 0.0887 e. The predicted octanol–water partition coefficient (Wildman–Crippen LogP) is 1.47. The number of rotatable bonds is 5. The Labute approximate surface area is 78.9 Å². The van der Waals surface area contributed by atoms with Crippen LogP contribution in [0.1, 0.15) is 24.7 Å². The molecular formula is C10H16N2O. The molecule has 0 radical (unpaired) electrons. The maximum Gasteiger partial charge on any atom is 0.0887 e. The van der Waals surface area contributed by atoms with E-state index in [2.05, 4.69) is 11.9 Å². The maximum absolute atomic E-state index is 5.47. The molecule has 1 rings (SSSR count). The van der Waals surface area contributed by atoms with Crippen LogP contribution in [0.25, 0.3) is 0 Å². The van der Waals surface area contributed by atoms with E-state index in [4.69, 9.17) is 10.5 Å². The number of hydrogen-bond acceptors (Lipinski definition) is 3. The van der Waals surface area contributed by atoms with Crippen LogP contribution >= 0.6 is 0 Å². The second-order valence-corrected chi connectivity index (χ2v) is 2.88. The molecule has 0 aliphatic heterocycles. The predicted molar refractivity (Wildman–Crippen MR) is 52.1 cm³/mol. The topological polar surface area (TPSA) is 48.1 Å². The standard InChI is InChI=1S/C10H16N2O/c1-2-6-13-8-10-5-3-4-9(7-11)12-10/h3-5H,2,6-8,11H2,1H3. The minimum Gasteiger partial charge on any atom is -0.375 e. The van der Waals surface area contributed by atoms with Gasteiger partial charge in [0.2, 0.25) is 0 Å². The largest absolute Gasteiger partial charge is 0.375 e. The van der Waals surface area contributed by atoms with E-state index in [1.54, 1.807) is 0 Å². The fraction of sp³-hybridized carbons (Fsp3) is 0.500. The molecule has 1 aromatic rings. The van der Waals surface area contributed by atoms with E-state index in [1.165, 1.54) is 0 Å².